The van der Waals surface area contributed by atoms with E-state index in [1.165, 1.54) is 32.1 Å². The maximum atomic E-state index is 4.99. The summed E-state index contributed by atoms with van der Waals surface area (Å²) < 4.78 is 3.96. The summed E-state index contributed by atoms with van der Waals surface area (Å²) in [5.41, 5.74) is 1.68. The van der Waals surface area contributed by atoms with Gasteiger partial charge >= 0.3 is 0 Å². The Morgan fingerprint density at radius 3 is 2.79 bits per heavy atom. The zero-order valence-electron chi connectivity index (χ0n) is 16.4. The average Bonchev–Trinajstić information content (AvgIpc) is 3.34. The molecule has 29 heavy (non-hydrogen) atoms. The zero-order valence-corrected chi connectivity index (χ0v) is 16.4. The SMILES string of the molecule is c1cc(-n2nc(Cn3cccn3)nc2CC2CCC23CCC3)c2ccncc2c1. The molecule has 146 valence electrons. The average molecular weight is 384 g/mol. The van der Waals surface area contributed by atoms with Crippen LogP contribution >= 0.6 is 0 Å². The number of aromatic nitrogens is 6. The third-order valence-corrected chi connectivity index (χ3v) is 7.10. The summed E-state index contributed by atoms with van der Waals surface area (Å²) in [6, 6.07) is 10.3. The highest BCUT2D eigenvalue weighted by Crippen LogP contribution is 2.60. The van der Waals surface area contributed by atoms with Gasteiger partial charge in [0.15, 0.2) is 5.82 Å². The van der Waals surface area contributed by atoms with E-state index < -0.39 is 0 Å². The van der Waals surface area contributed by atoms with Gasteiger partial charge in [0.25, 0.3) is 0 Å². The lowest BCUT2D eigenvalue weighted by Crippen LogP contribution is -2.46. The third-order valence-electron chi connectivity index (χ3n) is 7.10. The van der Waals surface area contributed by atoms with E-state index >= 15 is 0 Å². The van der Waals surface area contributed by atoms with Crippen LogP contribution in [0.25, 0.3) is 16.5 Å². The van der Waals surface area contributed by atoms with Gasteiger partial charge in [-0.15, -0.1) is 5.10 Å². The molecule has 2 fully saturated rings. The summed E-state index contributed by atoms with van der Waals surface area (Å²) in [5, 5.41) is 11.5. The van der Waals surface area contributed by atoms with Gasteiger partial charge in [0.2, 0.25) is 0 Å². The molecule has 1 aromatic carbocycles. The first-order valence-corrected chi connectivity index (χ1v) is 10.6. The largest absolute Gasteiger partial charge is 0.265 e. The second-order valence-electron chi connectivity index (χ2n) is 8.59. The Morgan fingerprint density at radius 1 is 1.07 bits per heavy atom. The van der Waals surface area contributed by atoms with E-state index in [0.717, 1.165) is 40.4 Å². The number of benzene rings is 1. The second kappa shape index (κ2) is 6.51. The normalized spacial score (nSPS) is 19.9. The van der Waals surface area contributed by atoms with E-state index in [0.29, 0.717) is 12.0 Å². The first-order valence-electron chi connectivity index (χ1n) is 10.6. The molecule has 0 radical (unpaired) electrons. The summed E-state index contributed by atoms with van der Waals surface area (Å²) in [6.45, 7) is 0.592. The molecule has 0 amide bonds. The first kappa shape index (κ1) is 16.9. The van der Waals surface area contributed by atoms with E-state index in [9.17, 15) is 0 Å². The molecule has 1 atom stereocenters. The van der Waals surface area contributed by atoms with Gasteiger partial charge in [-0.2, -0.15) is 5.10 Å². The Hall–Kier alpha value is -3.02. The van der Waals surface area contributed by atoms with E-state index in [1.54, 1.807) is 6.20 Å². The topological polar surface area (TPSA) is 61.4 Å². The molecule has 6 nitrogen and oxygen atoms in total. The highest BCUT2D eigenvalue weighted by Gasteiger charge is 2.50. The highest BCUT2D eigenvalue weighted by molar-refractivity contribution is 5.89. The lowest BCUT2D eigenvalue weighted by atomic mass is 9.49. The zero-order chi connectivity index (χ0) is 19.3. The van der Waals surface area contributed by atoms with Crippen molar-refractivity contribution in [2.45, 2.75) is 45.1 Å². The van der Waals surface area contributed by atoms with E-state index in [-0.39, 0.29) is 0 Å². The summed E-state index contributed by atoms with van der Waals surface area (Å²) in [4.78, 5) is 9.27. The van der Waals surface area contributed by atoms with Crippen molar-refractivity contribution in [3.63, 3.8) is 0 Å². The summed E-state index contributed by atoms with van der Waals surface area (Å²) >= 11 is 0. The number of nitrogens with zero attached hydrogens (tertiary/aromatic N) is 6. The van der Waals surface area contributed by atoms with Crippen molar-refractivity contribution < 1.29 is 0 Å². The molecule has 4 aromatic rings. The van der Waals surface area contributed by atoms with Crippen molar-refractivity contribution in [1.29, 1.82) is 0 Å². The molecule has 2 aliphatic rings. The van der Waals surface area contributed by atoms with Crippen LogP contribution in [-0.4, -0.2) is 29.5 Å². The lowest BCUT2D eigenvalue weighted by molar-refractivity contribution is -0.0492. The van der Waals surface area contributed by atoms with E-state index in [4.69, 9.17) is 10.1 Å². The van der Waals surface area contributed by atoms with Gasteiger partial charge in [-0.1, -0.05) is 18.6 Å². The van der Waals surface area contributed by atoms with Gasteiger partial charge in [0, 0.05) is 42.0 Å². The van der Waals surface area contributed by atoms with Gasteiger partial charge in [0.05, 0.1) is 5.69 Å². The van der Waals surface area contributed by atoms with Crippen LogP contribution in [0.2, 0.25) is 0 Å². The highest BCUT2D eigenvalue weighted by atomic mass is 15.4. The van der Waals surface area contributed by atoms with Crippen molar-refractivity contribution in [2.75, 3.05) is 0 Å². The summed E-state index contributed by atoms with van der Waals surface area (Å²) in [7, 11) is 0. The standard InChI is InChI=1S/C23H24N6/c1-4-17-15-24-12-7-19(17)20(5-1)29-22(14-18-6-10-23(18)8-2-9-23)26-21(27-29)16-28-13-3-11-25-28/h1,3-5,7,11-13,15,18H,2,6,8-10,14,16H2. The predicted molar refractivity (Wildman–Crippen MR) is 111 cm³/mol. The molecule has 0 aliphatic heterocycles. The summed E-state index contributed by atoms with van der Waals surface area (Å²) in [5.74, 6) is 2.64. The minimum Gasteiger partial charge on any atom is -0.265 e. The van der Waals surface area contributed by atoms with Gasteiger partial charge in [-0.05, 0) is 55.2 Å². The Morgan fingerprint density at radius 2 is 2.03 bits per heavy atom. The molecule has 3 aromatic heterocycles. The Labute approximate surface area is 169 Å². The van der Waals surface area contributed by atoms with Crippen molar-refractivity contribution in [2.24, 2.45) is 11.3 Å². The number of hydrogen-bond donors (Lipinski definition) is 0. The maximum Gasteiger partial charge on any atom is 0.172 e. The fourth-order valence-electron chi connectivity index (χ4n) is 5.20. The maximum absolute atomic E-state index is 4.99. The van der Waals surface area contributed by atoms with Gasteiger partial charge in [-0.3, -0.25) is 9.67 Å². The van der Waals surface area contributed by atoms with Crippen LogP contribution in [0.4, 0.5) is 0 Å². The number of hydrogen-bond acceptors (Lipinski definition) is 4. The molecular formula is C23H24N6. The van der Waals surface area contributed by atoms with Crippen molar-refractivity contribution in [1.82, 2.24) is 29.5 Å². The molecule has 2 aliphatic carbocycles. The molecule has 6 heteroatoms. The van der Waals surface area contributed by atoms with Gasteiger partial charge in [-0.25, -0.2) is 9.67 Å². The molecule has 6 rings (SSSR count). The Kier molecular flexibility index (Phi) is 3.79. The quantitative estimate of drug-likeness (QED) is 0.518. The fraction of sp³-hybridized carbons (Fsp3) is 0.391. The summed E-state index contributed by atoms with van der Waals surface area (Å²) in [6.07, 6.45) is 15.4. The minimum atomic E-state index is 0.592. The monoisotopic (exact) mass is 384 g/mol. The predicted octanol–water partition coefficient (Wildman–Crippen LogP) is 4.18. The molecule has 0 bridgehead atoms. The van der Waals surface area contributed by atoms with Crippen LogP contribution in [0.1, 0.15) is 43.8 Å². The molecule has 1 unspecified atom stereocenters. The van der Waals surface area contributed by atoms with Crippen LogP contribution in [0, 0.1) is 11.3 Å². The van der Waals surface area contributed by atoms with E-state index in [2.05, 4.69) is 39.0 Å². The molecule has 0 saturated heterocycles. The van der Waals surface area contributed by atoms with Crippen molar-refractivity contribution >= 4 is 10.8 Å². The molecular weight excluding hydrogens is 360 g/mol. The molecule has 3 heterocycles. The Balaban J connectivity index is 1.42. The molecule has 2 saturated carbocycles. The fourth-order valence-corrected chi connectivity index (χ4v) is 5.20. The molecule has 1 spiro atoms. The van der Waals surface area contributed by atoms with Crippen LogP contribution in [0.5, 0.6) is 0 Å². The van der Waals surface area contributed by atoms with Crippen LogP contribution in [0.15, 0.2) is 55.1 Å². The van der Waals surface area contributed by atoms with Crippen molar-refractivity contribution in [3.05, 3.63) is 66.8 Å². The van der Waals surface area contributed by atoms with Gasteiger partial charge in [0.1, 0.15) is 12.4 Å². The van der Waals surface area contributed by atoms with Crippen LogP contribution < -0.4 is 0 Å². The van der Waals surface area contributed by atoms with Gasteiger partial charge < -0.3 is 0 Å². The van der Waals surface area contributed by atoms with Crippen LogP contribution in [0.3, 0.4) is 0 Å². The smallest absolute Gasteiger partial charge is 0.172 e. The van der Waals surface area contributed by atoms with Crippen molar-refractivity contribution in [3.8, 4) is 5.69 Å². The third kappa shape index (κ3) is 2.77. The first-order chi connectivity index (χ1) is 14.3. The lowest BCUT2D eigenvalue weighted by Gasteiger charge is -2.56. The molecule has 0 N–H and O–H groups in total. The number of pyridine rings is 1. The van der Waals surface area contributed by atoms with Crippen LogP contribution in [-0.2, 0) is 13.0 Å². The Bertz CT molecular complexity index is 1140. The minimum absolute atomic E-state index is 0.592. The number of fused-ring (bicyclic) bond motifs is 1. The number of rotatable bonds is 5. The second-order valence-corrected chi connectivity index (χ2v) is 8.59. The van der Waals surface area contributed by atoms with E-state index in [1.807, 2.05) is 29.3 Å².